The lowest BCUT2D eigenvalue weighted by molar-refractivity contribution is 0.0693. The SMILES string of the molecule is CCCCCCCCn1cc(CSc2ccccc2C(=O)O)nn1. The summed E-state index contributed by atoms with van der Waals surface area (Å²) in [7, 11) is 0. The second-order valence-electron chi connectivity index (χ2n) is 5.83. The molecule has 2 aromatic rings. The molecule has 1 heterocycles. The zero-order chi connectivity index (χ0) is 17.2. The van der Waals surface area contributed by atoms with E-state index in [2.05, 4.69) is 17.2 Å². The molecule has 24 heavy (non-hydrogen) atoms. The van der Waals surface area contributed by atoms with Crippen LogP contribution in [0.5, 0.6) is 0 Å². The van der Waals surface area contributed by atoms with Crippen LogP contribution in [0, 0.1) is 0 Å². The summed E-state index contributed by atoms with van der Waals surface area (Å²) in [6.45, 7) is 3.12. The van der Waals surface area contributed by atoms with Crippen LogP contribution in [-0.4, -0.2) is 26.1 Å². The van der Waals surface area contributed by atoms with Crippen LogP contribution in [0.4, 0.5) is 0 Å². The van der Waals surface area contributed by atoms with Crippen LogP contribution in [0.2, 0.25) is 0 Å². The first-order chi connectivity index (χ1) is 11.7. The monoisotopic (exact) mass is 347 g/mol. The fourth-order valence-electron chi connectivity index (χ4n) is 2.49. The molecule has 0 unspecified atom stereocenters. The van der Waals surface area contributed by atoms with Gasteiger partial charge in [0.2, 0.25) is 0 Å². The third-order valence-corrected chi connectivity index (χ3v) is 4.93. The van der Waals surface area contributed by atoms with Gasteiger partial charge < -0.3 is 5.11 Å². The number of carboxylic acids is 1. The van der Waals surface area contributed by atoms with Crippen molar-refractivity contribution >= 4 is 17.7 Å². The maximum atomic E-state index is 11.2. The summed E-state index contributed by atoms with van der Waals surface area (Å²) in [5, 5.41) is 17.5. The summed E-state index contributed by atoms with van der Waals surface area (Å²) < 4.78 is 1.89. The number of nitrogens with zero attached hydrogens (tertiary/aromatic N) is 3. The Morgan fingerprint density at radius 2 is 1.92 bits per heavy atom. The normalized spacial score (nSPS) is 10.9. The molecule has 0 aliphatic rings. The molecule has 0 spiro atoms. The van der Waals surface area contributed by atoms with E-state index in [0.717, 1.165) is 23.6 Å². The molecule has 0 fully saturated rings. The van der Waals surface area contributed by atoms with Gasteiger partial charge in [-0.1, -0.05) is 56.4 Å². The molecular weight excluding hydrogens is 322 g/mol. The van der Waals surface area contributed by atoms with Gasteiger partial charge in [0.1, 0.15) is 0 Å². The van der Waals surface area contributed by atoms with E-state index in [9.17, 15) is 9.90 Å². The summed E-state index contributed by atoms with van der Waals surface area (Å²) in [6.07, 6.45) is 9.52. The van der Waals surface area contributed by atoms with Crippen molar-refractivity contribution in [2.75, 3.05) is 0 Å². The highest BCUT2D eigenvalue weighted by atomic mass is 32.2. The van der Waals surface area contributed by atoms with E-state index in [1.54, 1.807) is 12.1 Å². The number of thioether (sulfide) groups is 1. The van der Waals surface area contributed by atoms with E-state index in [1.807, 2.05) is 23.0 Å². The number of rotatable bonds is 11. The summed E-state index contributed by atoms with van der Waals surface area (Å²) in [4.78, 5) is 12.0. The zero-order valence-electron chi connectivity index (χ0n) is 14.1. The number of hydrogen-bond acceptors (Lipinski definition) is 4. The fraction of sp³-hybridized carbons (Fsp3) is 0.500. The Morgan fingerprint density at radius 3 is 2.71 bits per heavy atom. The van der Waals surface area contributed by atoms with Gasteiger partial charge in [-0.05, 0) is 18.6 Å². The van der Waals surface area contributed by atoms with E-state index < -0.39 is 5.97 Å². The number of aromatic nitrogens is 3. The Balaban J connectivity index is 1.77. The first-order valence-corrected chi connectivity index (χ1v) is 9.53. The van der Waals surface area contributed by atoms with Crippen molar-refractivity contribution in [2.45, 2.75) is 62.6 Å². The summed E-state index contributed by atoms with van der Waals surface area (Å²) in [5.41, 5.74) is 1.22. The third-order valence-electron chi connectivity index (χ3n) is 3.82. The Bertz CT molecular complexity index is 643. The van der Waals surface area contributed by atoms with Gasteiger partial charge >= 0.3 is 5.97 Å². The Morgan fingerprint density at radius 1 is 1.17 bits per heavy atom. The van der Waals surface area contributed by atoms with Crippen molar-refractivity contribution in [1.82, 2.24) is 15.0 Å². The number of aryl methyl sites for hydroxylation is 1. The molecule has 0 saturated carbocycles. The van der Waals surface area contributed by atoms with Crippen molar-refractivity contribution in [1.29, 1.82) is 0 Å². The molecule has 0 aliphatic heterocycles. The lowest BCUT2D eigenvalue weighted by atomic mass is 10.1. The predicted octanol–water partition coefficient (Wildman–Crippen LogP) is 4.63. The van der Waals surface area contributed by atoms with E-state index in [1.165, 1.54) is 43.9 Å². The molecule has 1 aromatic carbocycles. The maximum absolute atomic E-state index is 11.2. The largest absolute Gasteiger partial charge is 0.478 e. The van der Waals surface area contributed by atoms with Crippen molar-refractivity contribution in [3.05, 3.63) is 41.7 Å². The van der Waals surface area contributed by atoms with Crippen LogP contribution in [0.25, 0.3) is 0 Å². The van der Waals surface area contributed by atoms with Crippen LogP contribution in [0.1, 0.15) is 61.5 Å². The lowest BCUT2D eigenvalue weighted by Crippen LogP contribution is -1.98. The van der Waals surface area contributed by atoms with E-state index in [-0.39, 0.29) is 0 Å². The van der Waals surface area contributed by atoms with Gasteiger partial charge in [0, 0.05) is 23.4 Å². The molecule has 0 radical (unpaired) electrons. The van der Waals surface area contributed by atoms with Crippen LogP contribution >= 0.6 is 11.8 Å². The van der Waals surface area contributed by atoms with Gasteiger partial charge in [0.25, 0.3) is 0 Å². The van der Waals surface area contributed by atoms with Crippen LogP contribution in [-0.2, 0) is 12.3 Å². The molecule has 1 aromatic heterocycles. The Kier molecular flexibility index (Phi) is 7.82. The van der Waals surface area contributed by atoms with Crippen LogP contribution < -0.4 is 0 Å². The average molecular weight is 347 g/mol. The van der Waals surface area contributed by atoms with Crippen molar-refractivity contribution in [2.24, 2.45) is 0 Å². The molecule has 0 bridgehead atoms. The Hall–Kier alpha value is -1.82. The maximum Gasteiger partial charge on any atom is 0.336 e. The minimum absolute atomic E-state index is 0.335. The highest BCUT2D eigenvalue weighted by molar-refractivity contribution is 7.98. The molecule has 130 valence electrons. The molecule has 1 N–H and O–H groups in total. The van der Waals surface area contributed by atoms with E-state index >= 15 is 0 Å². The van der Waals surface area contributed by atoms with Gasteiger partial charge in [-0.25, -0.2) is 4.79 Å². The summed E-state index contributed by atoms with van der Waals surface area (Å²) >= 11 is 1.48. The summed E-state index contributed by atoms with van der Waals surface area (Å²) in [5.74, 6) is -0.273. The number of hydrogen-bond donors (Lipinski definition) is 1. The smallest absolute Gasteiger partial charge is 0.336 e. The topological polar surface area (TPSA) is 68.0 Å². The molecule has 0 atom stereocenters. The molecule has 6 heteroatoms. The van der Waals surface area contributed by atoms with Gasteiger partial charge in [-0.2, -0.15) is 0 Å². The van der Waals surface area contributed by atoms with Crippen molar-refractivity contribution in [3.8, 4) is 0 Å². The molecule has 0 aliphatic carbocycles. The number of aromatic carboxylic acids is 1. The van der Waals surface area contributed by atoms with Gasteiger partial charge in [-0.3, -0.25) is 4.68 Å². The first-order valence-electron chi connectivity index (χ1n) is 8.55. The molecule has 5 nitrogen and oxygen atoms in total. The van der Waals surface area contributed by atoms with Gasteiger partial charge in [0.05, 0.1) is 11.3 Å². The summed E-state index contributed by atoms with van der Waals surface area (Å²) in [6, 6.07) is 7.05. The third kappa shape index (κ3) is 6.00. The predicted molar refractivity (Wildman–Crippen MR) is 96.4 cm³/mol. The molecule has 2 rings (SSSR count). The van der Waals surface area contributed by atoms with Crippen LogP contribution in [0.15, 0.2) is 35.4 Å². The standard InChI is InChI=1S/C18H25N3O2S/c1-2-3-4-5-6-9-12-21-13-15(19-20-21)14-24-17-11-8-7-10-16(17)18(22)23/h7-8,10-11,13H,2-6,9,12,14H2,1H3,(H,22,23). The van der Waals surface area contributed by atoms with Gasteiger partial charge in [-0.15, -0.1) is 16.9 Å². The first kappa shape index (κ1) is 18.5. The second kappa shape index (κ2) is 10.1. The van der Waals surface area contributed by atoms with E-state index in [4.69, 9.17) is 0 Å². The van der Waals surface area contributed by atoms with Crippen molar-refractivity contribution in [3.63, 3.8) is 0 Å². The lowest BCUT2D eigenvalue weighted by Gasteiger charge is -2.03. The second-order valence-corrected chi connectivity index (χ2v) is 6.85. The Labute approximate surface area is 147 Å². The number of unbranched alkanes of at least 4 members (excludes halogenated alkanes) is 5. The quantitative estimate of drug-likeness (QED) is 0.474. The number of carboxylic acid groups (broad SMARTS) is 1. The zero-order valence-corrected chi connectivity index (χ0v) is 15.0. The number of benzene rings is 1. The number of carbonyl (C=O) groups is 1. The van der Waals surface area contributed by atoms with Crippen molar-refractivity contribution < 1.29 is 9.90 Å². The minimum Gasteiger partial charge on any atom is -0.478 e. The molecule has 0 amide bonds. The molecular formula is C18H25N3O2S. The van der Waals surface area contributed by atoms with Gasteiger partial charge in [0.15, 0.2) is 0 Å². The average Bonchev–Trinajstić information content (AvgIpc) is 3.04. The van der Waals surface area contributed by atoms with Crippen LogP contribution in [0.3, 0.4) is 0 Å². The fourth-order valence-corrected chi connectivity index (χ4v) is 3.41. The highest BCUT2D eigenvalue weighted by Crippen LogP contribution is 2.25. The molecule has 0 saturated heterocycles. The highest BCUT2D eigenvalue weighted by Gasteiger charge is 2.10. The minimum atomic E-state index is -0.898. The van der Waals surface area contributed by atoms with E-state index in [0.29, 0.717) is 11.3 Å².